The highest BCUT2D eigenvalue weighted by Crippen LogP contribution is 2.23. The Morgan fingerprint density at radius 3 is 2.55 bits per heavy atom. The van der Waals surface area contributed by atoms with Gasteiger partial charge in [0.1, 0.15) is 12.1 Å². The maximum absolute atomic E-state index is 4.42. The number of nitrogens with one attached hydrogen (secondary N) is 1. The number of nitrogens with zero attached hydrogens (tertiary/aromatic N) is 3. The second-order valence-corrected chi connectivity index (χ2v) is 5.30. The van der Waals surface area contributed by atoms with Crippen LogP contribution in [0.2, 0.25) is 0 Å². The molecule has 1 fully saturated rings. The molecule has 0 unspecified atom stereocenters. The van der Waals surface area contributed by atoms with Gasteiger partial charge in [0.25, 0.3) is 0 Å². The maximum atomic E-state index is 4.42. The third-order valence-electron chi connectivity index (χ3n) is 3.90. The Morgan fingerprint density at radius 2 is 1.80 bits per heavy atom. The Kier molecular flexibility index (Phi) is 3.65. The highest BCUT2D eigenvalue weighted by Gasteiger charge is 2.12. The average Bonchev–Trinajstić information content (AvgIpc) is 2.51. The van der Waals surface area contributed by atoms with E-state index in [0.717, 1.165) is 43.3 Å². The van der Waals surface area contributed by atoms with Crippen LogP contribution in [0.15, 0.2) is 30.6 Å². The van der Waals surface area contributed by atoms with E-state index in [4.69, 9.17) is 0 Å². The number of aryl methyl sites for hydroxylation is 2. The molecule has 1 aliphatic heterocycles. The molecular weight excluding hydrogens is 248 g/mol. The molecule has 1 aromatic carbocycles. The summed E-state index contributed by atoms with van der Waals surface area (Å²) in [4.78, 5) is 11.1. The molecule has 0 amide bonds. The molecular formula is C16H20N4. The summed E-state index contributed by atoms with van der Waals surface area (Å²) < 4.78 is 0. The lowest BCUT2D eigenvalue weighted by Gasteiger charge is -2.28. The van der Waals surface area contributed by atoms with Crippen LogP contribution in [0.4, 0.5) is 5.82 Å². The standard InChI is InChI=1S/C16H20N4/c1-12-3-4-14(9-13(12)2)15-10-16(19-11-18-15)20-7-5-17-6-8-20/h3-4,9-11,17H,5-8H2,1-2H3. The molecule has 0 radical (unpaired) electrons. The summed E-state index contributed by atoms with van der Waals surface area (Å²) in [5.74, 6) is 1.02. The van der Waals surface area contributed by atoms with Gasteiger partial charge in [-0.25, -0.2) is 9.97 Å². The van der Waals surface area contributed by atoms with Crippen molar-refractivity contribution in [2.24, 2.45) is 0 Å². The molecule has 4 heteroatoms. The van der Waals surface area contributed by atoms with Gasteiger partial charge in [0.05, 0.1) is 5.69 Å². The van der Waals surface area contributed by atoms with E-state index in [-0.39, 0.29) is 0 Å². The van der Waals surface area contributed by atoms with Gasteiger partial charge in [-0.1, -0.05) is 12.1 Å². The minimum absolute atomic E-state index is 0.997. The van der Waals surface area contributed by atoms with Crippen molar-refractivity contribution < 1.29 is 0 Å². The predicted octanol–water partition coefficient (Wildman–Crippen LogP) is 2.17. The van der Waals surface area contributed by atoms with Crippen LogP contribution in [0.1, 0.15) is 11.1 Å². The van der Waals surface area contributed by atoms with Crippen LogP contribution in [-0.4, -0.2) is 36.1 Å². The molecule has 20 heavy (non-hydrogen) atoms. The van der Waals surface area contributed by atoms with Crippen LogP contribution >= 0.6 is 0 Å². The lowest BCUT2D eigenvalue weighted by molar-refractivity contribution is 0.584. The van der Waals surface area contributed by atoms with E-state index < -0.39 is 0 Å². The fraction of sp³-hybridized carbons (Fsp3) is 0.375. The molecule has 0 aliphatic carbocycles. The Morgan fingerprint density at radius 1 is 1.00 bits per heavy atom. The van der Waals surface area contributed by atoms with Crippen molar-refractivity contribution in [2.45, 2.75) is 13.8 Å². The molecule has 1 aliphatic rings. The Labute approximate surface area is 119 Å². The van der Waals surface area contributed by atoms with Crippen molar-refractivity contribution in [3.63, 3.8) is 0 Å². The van der Waals surface area contributed by atoms with Gasteiger partial charge in [0.15, 0.2) is 0 Å². The normalized spacial score (nSPS) is 15.4. The first-order valence-corrected chi connectivity index (χ1v) is 7.09. The number of benzene rings is 1. The van der Waals surface area contributed by atoms with Crippen LogP contribution in [0, 0.1) is 13.8 Å². The van der Waals surface area contributed by atoms with Crippen LogP contribution in [0.25, 0.3) is 11.3 Å². The first-order valence-electron chi connectivity index (χ1n) is 7.09. The minimum Gasteiger partial charge on any atom is -0.354 e. The van der Waals surface area contributed by atoms with E-state index in [2.05, 4.69) is 58.3 Å². The summed E-state index contributed by atoms with van der Waals surface area (Å²) >= 11 is 0. The van der Waals surface area contributed by atoms with E-state index >= 15 is 0 Å². The third kappa shape index (κ3) is 2.65. The summed E-state index contributed by atoms with van der Waals surface area (Å²) in [5, 5.41) is 3.36. The van der Waals surface area contributed by atoms with Gasteiger partial charge < -0.3 is 10.2 Å². The molecule has 0 bridgehead atoms. The number of piperazine rings is 1. The molecule has 1 saturated heterocycles. The number of hydrogen-bond acceptors (Lipinski definition) is 4. The third-order valence-corrected chi connectivity index (χ3v) is 3.90. The van der Waals surface area contributed by atoms with E-state index in [1.165, 1.54) is 11.1 Å². The van der Waals surface area contributed by atoms with Crippen LogP contribution in [0.3, 0.4) is 0 Å². The molecule has 4 nitrogen and oxygen atoms in total. The number of aromatic nitrogens is 2. The number of anilines is 1. The van der Waals surface area contributed by atoms with Gasteiger partial charge in [-0.2, -0.15) is 0 Å². The Bertz CT molecular complexity index is 603. The smallest absolute Gasteiger partial charge is 0.132 e. The quantitative estimate of drug-likeness (QED) is 0.906. The maximum Gasteiger partial charge on any atom is 0.132 e. The summed E-state index contributed by atoms with van der Waals surface area (Å²) in [7, 11) is 0. The molecule has 2 heterocycles. The molecule has 0 atom stereocenters. The zero-order chi connectivity index (χ0) is 13.9. The minimum atomic E-state index is 0.997. The summed E-state index contributed by atoms with van der Waals surface area (Å²) in [6, 6.07) is 8.57. The molecule has 1 aromatic heterocycles. The van der Waals surface area contributed by atoms with Crippen molar-refractivity contribution in [1.82, 2.24) is 15.3 Å². The second-order valence-electron chi connectivity index (χ2n) is 5.30. The molecule has 1 N–H and O–H groups in total. The van der Waals surface area contributed by atoms with E-state index in [1.807, 2.05) is 0 Å². The fourth-order valence-corrected chi connectivity index (χ4v) is 2.47. The number of hydrogen-bond donors (Lipinski definition) is 1. The van der Waals surface area contributed by atoms with Crippen molar-refractivity contribution >= 4 is 5.82 Å². The van der Waals surface area contributed by atoms with Gasteiger partial charge in [-0.05, 0) is 31.0 Å². The van der Waals surface area contributed by atoms with E-state index in [9.17, 15) is 0 Å². The first kappa shape index (κ1) is 13.1. The zero-order valence-corrected chi connectivity index (χ0v) is 12.1. The SMILES string of the molecule is Cc1ccc(-c2cc(N3CCNCC3)ncn2)cc1C. The second kappa shape index (κ2) is 5.59. The molecule has 0 spiro atoms. The molecule has 2 aromatic rings. The largest absolute Gasteiger partial charge is 0.354 e. The van der Waals surface area contributed by atoms with E-state index in [1.54, 1.807) is 6.33 Å². The van der Waals surface area contributed by atoms with Gasteiger partial charge >= 0.3 is 0 Å². The van der Waals surface area contributed by atoms with Crippen LogP contribution in [0.5, 0.6) is 0 Å². The summed E-state index contributed by atoms with van der Waals surface area (Å²) in [5.41, 5.74) is 4.76. The topological polar surface area (TPSA) is 41.0 Å². The van der Waals surface area contributed by atoms with Crippen LogP contribution in [-0.2, 0) is 0 Å². The molecule has 3 rings (SSSR count). The fourth-order valence-electron chi connectivity index (χ4n) is 2.47. The zero-order valence-electron chi connectivity index (χ0n) is 12.1. The lowest BCUT2D eigenvalue weighted by atomic mass is 10.0. The van der Waals surface area contributed by atoms with Gasteiger partial charge in [0, 0.05) is 37.8 Å². The summed E-state index contributed by atoms with van der Waals surface area (Å²) in [6.07, 6.45) is 1.67. The van der Waals surface area contributed by atoms with Crippen LogP contribution < -0.4 is 10.2 Å². The highest BCUT2D eigenvalue weighted by atomic mass is 15.2. The molecule has 104 valence electrons. The lowest BCUT2D eigenvalue weighted by Crippen LogP contribution is -2.43. The van der Waals surface area contributed by atoms with Crippen molar-refractivity contribution in [2.75, 3.05) is 31.1 Å². The average molecular weight is 268 g/mol. The predicted molar refractivity (Wildman–Crippen MR) is 82.0 cm³/mol. The Balaban J connectivity index is 1.91. The van der Waals surface area contributed by atoms with Gasteiger partial charge in [-0.15, -0.1) is 0 Å². The van der Waals surface area contributed by atoms with Crippen molar-refractivity contribution in [3.8, 4) is 11.3 Å². The van der Waals surface area contributed by atoms with Crippen molar-refractivity contribution in [3.05, 3.63) is 41.7 Å². The Hall–Kier alpha value is -1.94. The van der Waals surface area contributed by atoms with Crippen molar-refractivity contribution in [1.29, 1.82) is 0 Å². The van der Waals surface area contributed by atoms with Gasteiger partial charge in [-0.3, -0.25) is 0 Å². The number of rotatable bonds is 2. The molecule has 0 saturated carbocycles. The van der Waals surface area contributed by atoms with E-state index in [0.29, 0.717) is 0 Å². The van der Waals surface area contributed by atoms with Gasteiger partial charge in [0.2, 0.25) is 0 Å². The monoisotopic (exact) mass is 268 g/mol. The first-order chi connectivity index (χ1) is 9.74. The summed E-state index contributed by atoms with van der Waals surface area (Å²) in [6.45, 7) is 8.31. The highest BCUT2D eigenvalue weighted by molar-refractivity contribution is 5.64.